The van der Waals surface area contributed by atoms with Crippen molar-refractivity contribution >= 4 is 11.9 Å². The topological polar surface area (TPSA) is 113 Å². The highest BCUT2D eigenvalue weighted by atomic mass is 19.4. The highest BCUT2D eigenvalue weighted by Gasteiger charge is 2.56. The lowest BCUT2D eigenvalue weighted by molar-refractivity contribution is -0.264. The first-order valence-corrected chi connectivity index (χ1v) is 17.1. The van der Waals surface area contributed by atoms with Gasteiger partial charge in [0.15, 0.2) is 16.8 Å². The van der Waals surface area contributed by atoms with E-state index in [9.17, 15) is 64.4 Å². The van der Waals surface area contributed by atoms with E-state index in [4.69, 9.17) is 9.47 Å². The quantitative estimate of drug-likeness (QED) is 0.117. The van der Waals surface area contributed by atoms with E-state index in [2.05, 4.69) is 0 Å². The molecule has 1 aromatic carbocycles. The second-order valence-electron chi connectivity index (χ2n) is 16.0. The summed E-state index contributed by atoms with van der Waals surface area (Å²) in [7, 11) is 0. The number of fused-ring (bicyclic) bond motifs is 2. The number of ether oxygens (including phenoxy) is 2. The molecular weight excluding hydrogens is 715 g/mol. The normalized spacial score (nSPS) is 23.8. The average molecular weight is 767 g/mol. The summed E-state index contributed by atoms with van der Waals surface area (Å²) in [5.41, 5.74) is -13.8. The summed E-state index contributed by atoms with van der Waals surface area (Å²) in [6.07, 6.45) is -12.0. The summed E-state index contributed by atoms with van der Waals surface area (Å²) >= 11 is 0. The fourth-order valence-electron chi connectivity index (χ4n) is 5.92. The summed E-state index contributed by atoms with van der Waals surface area (Å²) in [5.74, 6) is -1.27. The Morgan fingerprint density at radius 2 is 1.13 bits per heavy atom. The molecule has 52 heavy (non-hydrogen) atoms. The van der Waals surface area contributed by atoms with Gasteiger partial charge in [-0.25, -0.2) is 0 Å². The van der Waals surface area contributed by atoms with Crippen molar-refractivity contribution in [1.29, 1.82) is 0 Å². The van der Waals surface area contributed by atoms with E-state index in [0.717, 1.165) is 32.6 Å². The number of hydrogen-bond acceptors (Lipinski definition) is 7. The second-order valence-corrected chi connectivity index (χ2v) is 16.0. The Hall–Kier alpha value is -2.59. The van der Waals surface area contributed by atoms with E-state index < -0.39 is 87.5 Å². The third kappa shape index (κ3) is 10.1. The largest absolute Gasteiger partial charge is 0.462 e. The average Bonchev–Trinajstić information content (AvgIpc) is 3.63. The highest BCUT2D eigenvalue weighted by Crippen LogP contribution is 2.52. The number of rotatable bonds is 11. The molecule has 0 aliphatic heterocycles. The molecule has 16 heteroatoms. The number of benzene rings is 1. The highest BCUT2D eigenvalue weighted by molar-refractivity contribution is 5.78. The van der Waals surface area contributed by atoms with Crippen LogP contribution in [0.2, 0.25) is 0 Å². The zero-order chi connectivity index (χ0) is 40.7. The molecule has 0 radical (unpaired) electrons. The number of esters is 2. The van der Waals surface area contributed by atoms with Crippen LogP contribution in [0.5, 0.6) is 5.75 Å². The Balaban J connectivity index is 0.000000364. The van der Waals surface area contributed by atoms with Crippen molar-refractivity contribution in [2.75, 3.05) is 0 Å². The third-order valence-electron chi connectivity index (χ3n) is 11.0. The van der Waals surface area contributed by atoms with Gasteiger partial charge in [0, 0.05) is 6.42 Å². The lowest BCUT2D eigenvalue weighted by atomic mass is 9.80. The minimum absolute atomic E-state index is 0.0748. The van der Waals surface area contributed by atoms with Crippen LogP contribution < -0.4 is 4.74 Å². The second kappa shape index (κ2) is 15.3. The van der Waals surface area contributed by atoms with Gasteiger partial charge < -0.3 is 24.8 Å². The Morgan fingerprint density at radius 1 is 0.692 bits per heavy atom. The molecule has 2 bridgehead atoms. The van der Waals surface area contributed by atoms with Gasteiger partial charge in [-0.1, -0.05) is 20.3 Å². The van der Waals surface area contributed by atoms with E-state index in [1.807, 2.05) is 6.92 Å². The van der Waals surface area contributed by atoms with Crippen molar-refractivity contribution in [2.45, 2.75) is 149 Å². The predicted octanol–water partition coefficient (Wildman–Crippen LogP) is 9.04. The summed E-state index contributed by atoms with van der Waals surface area (Å²) in [5, 5.41) is 29.6. The fourth-order valence-corrected chi connectivity index (χ4v) is 5.92. The first kappa shape index (κ1) is 45.6. The van der Waals surface area contributed by atoms with Gasteiger partial charge in [-0.3, -0.25) is 9.59 Å². The first-order chi connectivity index (χ1) is 23.1. The van der Waals surface area contributed by atoms with E-state index in [-0.39, 0.29) is 5.92 Å². The van der Waals surface area contributed by atoms with Gasteiger partial charge in [0.2, 0.25) is 0 Å². The van der Waals surface area contributed by atoms with Crippen molar-refractivity contribution in [3.05, 3.63) is 29.3 Å². The minimum atomic E-state index is -5.24. The Morgan fingerprint density at radius 3 is 1.48 bits per heavy atom. The molecule has 3 rings (SSSR count). The van der Waals surface area contributed by atoms with Crippen molar-refractivity contribution in [3.63, 3.8) is 0 Å². The molecule has 7 nitrogen and oxygen atoms in total. The van der Waals surface area contributed by atoms with E-state index in [0.29, 0.717) is 56.7 Å². The molecule has 300 valence electrons. The molecule has 7 unspecified atom stereocenters. The molecule has 2 aliphatic carbocycles. The third-order valence-corrected chi connectivity index (χ3v) is 11.0. The van der Waals surface area contributed by atoms with Crippen LogP contribution in [0.25, 0.3) is 0 Å². The van der Waals surface area contributed by atoms with Gasteiger partial charge in [0.1, 0.15) is 11.9 Å². The Bertz CT molecular complexity index is 1370. The fraction of sp³-hybridized carbons (Fsp3) is 0.778. The zero-order valence-corrected chi connectivity index (χ0v) is 30.9. The summed E-state index contributed by atoms with van der Waals surface area (Å²) in [6, 6.07) is 1.61. The van der Waals surface area contributed by atoms with Crippen molar-refractivity contribution in [2.24, 2.45) is 28.6 Å². The van der Waals surface area contributed by atoms with Crippen LogP contribution in [0.4, 0.5) is 39.5 Å². The first-order valence-electron chi connectivity index (χ1n) is 17.1. The molecule has 2 fully saturated rings. The maximum absolute atomic E-state index is 13.2. The summed E-state index contributed by atoms with van der Waals surface area (Å²) in [4.78, 5) is 24.6. The predicted molar refractivity (Wildman–Crippen MR) is 172 cm³/mol. The number of aliphatic hydroxyl groups is 3. The number of halogens is 9. The lowest BCUT2D eigenvalue weighted by Gasteiger charge is -2.37. The van der Waals surface area contributed by atoms with Crippen LogP contribution in [0, 0.1) is 28.6 Å². The van der Waals surface area contributed by atoms with Crippen LogP contribution in [0.1, 0.15) is 118 Å². The van der Waals surface area contributed by atoms with Gasteiger partial charge in [-0.05, 0) is 128 Å². The van der Waals surface area contributed by atoms with Crippen LogP contribution in [-0.4, -0.2) is 57.5 Å². The van der Waals surface area contributed by atoms with Crippen molar-refractivity contribution in [3.8, 4) is 5.75 Å². The smallest absolute Gasteiger partial charge is 0.421 e. The van der Waals surface area contributed by atoms with Crippen LogP contribution in [0.15, 0.2) is 18.2 Å². The van der Waals surface area contributed by atoms with Gasteiger partial charge in [0.05, 0.1) is 10.8 Å². The number of carbonyl (C=O) groups excluding carboxylic acids is 2. The van der Waals surface area contributed by atoms with Gasteiger partial charge >= 0.3 is 30.5 Å². The molecule has 0 amide bonds. The van der Waals surface area contributed by atoms with Gasteiger partial charge in [-0.2, -0.15) is 39.5 Å². The standard InChI is InChI=1S/C18H22F6O4.C18H29F3O3/c1-6-14(2,3)13(25)28-12-8-10(15(4,26)17(19,20)21)7-11(9-12)16(5,27)18(22,23)24;1-5-16(2,3)15(22)24-14(10-17(4,23)18(19,20)21)13-9-11-6-7-12(13)8-11/h7-9,26-27H,6H2,1-5H3;11-14,23H,5-10H2,1-4H3. The molecular formula is C36H51F9O7. The molecule has 3 N–H and O–H groups in total. The van der Waals surface area contributed by atoms with Gasteiger partial charge in [0.25, 0.3) is 0 Å². The molecule has 0 heterocycles. The maximum atomic E-state index is 13.2. The lowest BCUT2D eigenvalue weighted by Crippen LogP contribution is -2.48. The van der Waals surface area contributed by atoms with E-state index in [1.165, 1.54) is 13.8 Å². The molecule has 2 aliphatic rings. The molecule has 0 saturated heterocycles. The number of carbonyl (C=O) groups is 2. The molecule has 7 atom stereocenters. The zero-order valence-electron chi connectivity index (χ0n) is 30.9. The number of alkyl halides is 9. The monoisotopic (exact) mass is 766 g/mol. The number of hydrogen-bond donors (Lipinski definition) is 3. The van der Waals surface area contributed by atoms with Crippen molar-refractivity contribution < 1.29 is 73.9 Å². The maximum Gasteiger partial charge on any atom is 0.421 e. The SMILES string of the molecule is CCC(C)(C)C(=O)OC(CC(C)(O)C(F)(F)F)C1CC2CCC1C2.CCC(C)(C)C(=O)Oc1cc(C(C)(O)C(F)(F)F)cc(C(C)(O)C(F)(F)F)c1. The Labute approximate surface area is 298 Å². The Kier molecular flexibility index (Phi) is 13.4. The van der Waals surface area contributed by atoms with Crippen LogP contribution in [0.3, 0.4) is 0 Å². The molecule has 0 spiro atoms. The van der Waals surface area contributed by atoms with Crippen LogP contribution in [-0.2, 0) is 25.5 Å². The summed E-state index contributed by atoms with van der Waals surface area (Å²) < 4.78 is 129. The summed E-state index contributed by atoms with van der Waals surface area (Å²) in [6.45, 7) is 11.4. The van der Waals surface area contributed by atoms with E-state index >= 15 is 0 Å². The molecule has 1 aromatic rings. The van der Waals surface area contributed by atoms with E-state index in [1.54, 1.807) is 20.8 Å². The molecule has 2 saturated carbocycles. The minimum Gasteiger partial charge on any atom is -0.462 e. The van der Waals surface area contributed by atoms with Crippen LogP contribution >= 0.6 is 0 Å². The molecule has 0 aromatic heterocycles. The van der Waals surface area contributed by atoms with Crippen molar-refractivity contribution in [1.82, 2.24) is 0 Å². The van der Waals surface area contributed by atoms with Gasteiger partial charge in [-0.15, -0.1) is 0 Å².